The van der Waals surface area contributed by atoms with Crippen molar-refractivity contribution in [3.8, 4) is 5.88 Å². The minimum Gasteiger partial charge on any atom is -0.480 e. The topological polar surface area (TPSA) is 64.9 Å². The Labute approximate surface area is 112 Å². The van der Waals surface area contributed by atoms with Gasteiger partial charge < -0.3 is 10.1 Å². The third-order valence-corrected chi connectivity index (χ3v) is 2.93. The minimum atomic E-state index is -0.0673. The average molecular weight is 261 g/mol. The quantitative estimate of drug-likeness (QED) is 0.877. The molecule has 0 bridgehead atoms. The molecule has 1 atom stereocenters. The molecule has 0 radical (unpaired) electrons. The van der Waals surface area contributed by atoms with Crippen LogP contribution in [0.5, 0.6) is 5.88 Å². The Morgan fingerprint density at radius 1 is 1.37 bits per heavy atom. The predicted octanol–water partition coefficient (Wildman–Crippen LogP) is 1.23. The van der Waals surface area contributed by atoms with E-state index in [9.17, 15) is 0 Å². The summed E-state index contributed by atoms with van der Waals surface area (Å²) in [5.41, 5.74) is 2.84. The fourth-order valence-electron chi connectivity index (χ4n) is 2.15. The molecule has 0 aliphatic heterocycles. The van der Waals surface area contributed by atoms with Gasteiger partial charge in [-0.1, -0.05) is 6.92 Å². The smallest absolute Gasteiger partial charge is 0.237 e. The number of ether oxygens (including phenoxy) is 1. The van der Waals surface area contributed by atoms with Crippen molar-refractivity contribution in [3.05, 3.63) is 35.5 Å². The summed E-state index contributed by atoms with van der Waals surface area (Å²) in [7, 11) is 3.51. The first-order valence-electron chi connectivity index (χ1n) is 6.25. The Balaban J connectivity index is 2.48. The molecular formula is C13H19N5O. The molecule has 0 spiro atoms. The molecule has 0 saturated heterocycles. The van der Waals surface area contributed by atoms with Crippen LogP contribution in [-0.2, 0) is 7.05 Å². The first kappa shape index (κ1) is 13.5. The van der Waals surface area contributed by atoms with Crippen LogP contribution >= 0.6 is 0 Å². The maximum atomic E-state index is 5.30. The molecule has 102 valence electrons. The molecule has 19 heavy (non-hydrogen) atoms. The van der Waals surface area contributed by atoms with Gasteiger partial charge in [-0.3, -0.25) is 9.67 Å². The lowest BCUT2D eigenvalue weighted by Crippen LogP contribution is -2.24. The van der Waals surface area contributed by atoms with E-state index in [0.29, 0.717) is 5.88 Å². The molecule has 2 heterocycles. The van der Waals surface area contributed by atoms with Gasteiger partial charge >= 0.3 is 0 Å². The van der Waals surface area contributed by atoms with E-state index < -0.39 is 0 Å². The zero-order valence-electron chi connectivity index (χ0n) is 11.7. The molecule has 0 aliphatic rings. The van der Waals surface area contributed by atoms with Gasteiger partial charge in [-0.25, -0.2) is 4.98 Å². The van der Waals surface area contributed by atoms with Gasteiger partial charge in [0.25, 0.3) is 0 Å². The molecule has 0 amide bonds. The maximum Gasteiger partial charge on any atom is 0.237 e. The van der Waals surface area contributed by atoms with Gasteiger partial charge in [-0.05, 0) is 13.5 Å². The number of nitrogens with one attached hydrogen (secondary N) is 1. The molecule has 1 unspecified atom stereocenters. The number of rotatable bonds is 5. The highest BCUT2D eigenvalue weighted by Gasteiger charge is 2.23. The molecule has 2 aromatic rings. The molecular weight excluding hydrogens is 242 g/mol. The van der Waals surface area contributed by atoms with E-state index in [1.807, 2.05) is 20.2 Å². The van der Waals surface area contributed by atoms with Gasteiger partial charge in [0.1, 0.15) is 5.69 Å². The lowest BCUT2D eigenvalue weighted by atomic mass is 10.0. The highest BCUT2D eigenvalue weighted by molar-refractivity contribution is 5.33. The summed E-state index contributed by atoms with van der Waals surface area (Å²) >= 11 is 0. The second-order valence-corrected chi connectivity index (χ2v) is 4.29. The Morgan fingerprint density at radius 2 is 2.11 bits per heavy atom. The lowest BCUT2D eigenvalue weighted by Gasteiger charge is -2.18. The minimum absolute atomic E-state index is 0.0673. The Morgan fingerprint density at radius 3 is 2.68 bits per heavy atom. The molecule has 0 saturated carbocycles. The standard InChI is InChI=1S/C13H19N5O/c1-5-14-11(10-8-18(3)17-9(10)2)12-13(19-4)16-7-6-15-12/h6-8,11,14H,5H2,1-4H3. The van der Waals surface area contributed by atoms with Crippen LogP contribution in [0, 0.1) is 6.92 Å². The summed E-state index contributed by atoms with van der Waals surface area (Å²) in [6.45, 7) is 4.86. The van der Waals surface area contributed by atoms with Crippen molar-refractivity contribution in [1.29, 1.82) is 0 Å². The number of aromatic nitrogens is 4. The van der Waals surface area contributed by atoms with Crippen molar-refractivity contribution in [2.75, 3.05) is 13.7 Å². The van der Waals surface area contributed by atoms with Gasteiger partial charge in [-0.15, -0.1) is 0 Å². The van der Waals surface area contributed by atoms with Crippen molar-refractivity contribution < 1.29 is 4.74 Å². The van der Waals surface area contributed by atoms with Gasteiger partial charge in [0.2, 0.25) is 5.88 Å². The molecule has 0 aliphatic carbocycles. The molecule has 1 N–H and O–H groups in total. The summed E-state index contributed by atoms with van der Waals surface area (Å²) < 4.78 is 7.10. The number of nitrogens with zero attached hydrogens (tertiary/aromatic N) is 4. The number of hydrogen-bond donors (Lipinski definition) is 1. The Hall–Kier alpha value is -1.95. The molecule has 2 aromatic heterocycles. The molecule has 2 rings (SSSR count). The van der Waals surface area contributed by atoms with Crippen LogP contribution in [-0.4, -0.2) is 33.4 Å². The van der Waals surface area contributed by atoms with E-state index in [2.05, 4.69) is 27.3 Å². The summed E-state index contributed by atoms with van der Waals surface area (Å²) in [6, 6.07) is -0.0673. The second kappa shape index (κ2) is 5.79. The van der Waals surface area contributed by atoms with E-state index in [1.165, 1.54) is 0 Å². The summed E-state index contributed by atoms with van der Waals surface area (Å²) in [5.74, 6) is 0.539. The average Bonchev–Trinajstić information content (AvgIpc) is 2.75. The summed E-state index contributed by atoms with van der Waals surface area (Å²) in [4.78, 5) is 8.62. The van der Waals surface area contributed by atoms with Gasteiger partial charge in [-0.2, -0.15) is 5.10 Å². The lowest BCUT2D eigenvalue weighted by molar-refractivity contribution is 0.383. The van der Waals surface area contributed by atoms with Crippen LogP contribution < -0.4 is 10.1 Å². The Bertz CT molecular complexity index is 552. The van der Waals surface area contributed by atoms with Crippen molar-refractivity contribution >= 4 is 0 Å². The fraction of sp³-hybridized carbons (Fsp3) is 0.462. The van der Waals surface area contributed by atoms with Crippen LogP contribution in [0.15, 0.2) is 18.6 Å². The summed E-state index contributed by atoms with van der Waals surface area (Å²) in [5, 5.41) is 7.79. The predicted molar refractivity (Wildman–Crippen MR) is 72.0 cm³/mol. The van der Waals surface area contributed by atoms with Crippen LogP contribution in [0.3, 0.4) is 0 Å². The third-order valence-electron chi connectivity index (χ3n) is 2.93. The zero-order chi connectivity index (χ0) is 13.8. The van der Waals surface area contributed by atoms with Crippen molar-refractivity contribution in [2.24, 2.45) is 7.05 Å². The van der Waals surface area contributed by atoms with E-state index >= 15 is 0 Å². The van der Waals surface area contributed by atoms with Gasteiger partial charge in [0, 0.05) is 31.2 Å². The summed E-state index contributed by atoms with van der Waals surface area (Å²) in [6.07, 6.45) is 5.30. The van der Waals surface area contributed by atoms with E-state index in [-0.39, 0.29) is 6.04 Å². The largest absolute Gasteiger partial charge is 0.480 e. The number of methoxy groups -OCH3 is 1. The van der Waals surface area contributed by atoms with Gasteiger partial charge in [0.15, 0.2) is 0 Å². The van der Waals surface area contributed by atoms with Crippen LogP contribution in [0.4, 0.5) is 0 Å². The molecule has 0 aromatic carbocycles. The molecule has 0 fully saturated rings. The second-order valence-electron chi connectivity index (χ2n) is 4.29. The fourth-order valence-corrected chi connectivity index (χ4v) is 2.15. The third kappa shape index (κ3) is 2.73. The maximum absolute atomic E-state index is 5.30. The van der Waals surface area contributed by atoms with E-state index in [4.69, 9.17) is 4.74 Å². The first-order chi connectivity index (χ1) is 9.17. The first-order valence-corrected chi connectivity index (χ1v) is 6.25. The van der Waals surface area contributed by atoms with Crippen LogP contribution in [0.2, 0.25) is 0 Å². The molecule has 6 heteroatoms. The number of aryl methyl sites for hydroxylation is 2. The van der Waals surface area contributed by atoms with Crippen molar-refractivity contribution in [2.45, 2.75) is 19.9 Å². The Kier molecular flexibility index (Phi) is 4.11. The van der Waals surface area contributed by atoms with Crippen molar-refractivity contribution in [1.82, 2.24) is 25.1 Å². The highest BCUT2D eigenvalue weighted by Crippen LogP contribution is 2.27. The SMILES string of the molecule is CCNC(c1cn(C)nc1C)c1nccnc1OC. The van der Waals surface area contributed by atoms with Crippen molar-refractivity contribution in [3.63, 3.8) is 0 Å². The number of hydrogen-bond acceptors (Lipinski definition) is 5. The van der Waals surface area contributed by atoms with Crippen LogP contribution in [0.25, 0.3) is 0 Å². The van der Waals surface area contributed by atoms with Crippen LogP contribution in [0.1, 0.15) is 29.9 Å². The highest BCUT2D eigenvalue weighted by atomic mass is 16.5. The molecule has 6 nitrogen and oxygen atoms in total. The monoisotopic (exact) mass is 261 g/mol. The zero-order valence-corrected chi connectivity index (χ0v) is 11.7. The normalized spacial score (nSPS) is 12.4. The van der Waals surface area contributed by atoms with E-state index in [0.717, 1.165) is 23.5 Å². The van der Waals surface area contributed by atoms with E-state index in [1.54, 1.807) is 24.2 Å². The van der Waals surface area contributed by atoms with Gasteiger partial charge in [0.05, 0.1) is 18.8 Å².